The van der Waals surface area contributed by atoms with Gasteiger partial charge in [0.2, 0.25) is 0 Å². The Balaban J connectivity index is 1.76. The maximum atomic E-state index is 12.5. The number of pyridine rings is 2. The molecular weight excluding hydrogens is 437 g/mol. The van der Waals surface area contributed by atoms with Gasteiger partial charge in [0.25, 0.3) is 10.0 Å². The molecule has 12 heteroatoms. The average Bonchev–Trinajstić information content (AvgIpc) is 3.06. The molecule has 0 aliphatic rings. The van der Waals surface area contributed by atoms with Crippen LogP contribution >= 0.6 is 0 Å². The number of nitrogens with one attached hydrogen (secondary N) is 2. The van der Waals surface area contributed by atoms with Gasteiger partial charge >= 0.3 is 12.1 Å². The van der Waals surface area contributed by atoms with Crippen molar-refractivity contribution < 1.29 is 31.1 Å². The van der Waals surface area contributed by atoms with Crippen LogP contribution in [0.25, 0.3) is 22.2 Å². The number of fused-ring (bicyclic) bond motifs is 1. The van der Waals surface area contributed by atoms with Crippen LogP contribution in [0.2, 0.25) is 0 Å². The number of sulfonamides is 1. The van der Waals surface area contributed by atoms with Gasteiger partial charge in [-0.25, -0.2) is 27.9 Å². The van der Waals surface area contributed by atoms with Gasteiger partial charge in [-0.15, -0.1) is 0 Å². The lowest BCUT2D eigenvalue weighted by Gasteiger charge is -2.25. The van der Waals surface area contributed by atoms with Gasteiger partial charge in [0.05, 0.1) is 6.54 Å². The van der Waals surface area contributed by atoms with Crippen LogP contribution in [-0.4, -0.2) is 47.7 Å². The summed E-state index contributed by atoms with van der Waals surface area (Å²) in [6.07, 6.45) is -2.19. The number of rotatable bonds is 6. The second-order valence-electron chi connectivity index (χ2n) is 7.43. The molecule has 0 fully saturated rings. The van der Waals surface area contributed by atoms with Crippen molar-refractivity contribution in [2.24, 2.45) is 0 Å². The Kier molecular flexibility index (Phi) is 5.80. The van der Waals surface area contributed by atoms with E-state index in [9.17, 15) is 26.4 Å². The van der Waals surface area contributed by atoms with E-state index in [1.54, 1.807) is 18.3 Å². The quantitative estimate of drug-likeness (QED) is 0.551. The van der Waals surface area contributed by atoms with E-state index in [0.29, 0.717) is 11.2 Å². The Morgan fingerprint density at radius 1 is 1.19 bits per heavy atom. The van der Waals surface area contributed by atoms with Gasteiger partial charge in [-0.2, -0.15) is 13.2 Å². The van der Waals surface area contributed by atoms with Crippen LogP contribution in [0.4, 0.5) is 13.2 Å². The fourth-order valence-corrected chi connectivity index (χ4v) is 3.92. The number of aromatic nitrogens is 3. The number of H-pyrrole nitrogens is 1. The normalized spacial score (nSPS) is 12.8. The number of nitrogens with zero attached hydrogens (tertiary/aromatic N) is 2. The zero-order chi connectivity index (χ0) is 23.0. The highest BCUT2D eigenvalue weighted by Crippen LogP contribution is 2.28. The van der Waals surface area contributed by atoms with Crippen molar-refractivity contribution in [2.75, 3.05) is 6.54 Å². The van der Waals surface area contributed by atoms with Gasteiger partial charge in [-0.05, 0) is 50.6 Å². The molecule has 3 aromatic rings. The van der Waals surface area contributed by atoms with Crippen LogP contribution in [0.15, 0.2) is 41.7 Å². The number of aromatic amines is 1. The van der Waals surface area contributed by atoms with E-state index in [4.69, 9.17) is 0 Å². The summed E-state index contributed by atoms with van der Waals surface area (Å²) in [5, 5.41) is 0.522. The number of esters is 1. The molecule has 0 atom stereocenters. The third-order valence-electron chi connectivity index (χ3n) is 4.28. The van der Waals surface area contributed by atoms with Gasteiger partial charge in [-0.3, -0.25) is 0 Å². The molecule has 31 heavy (non-hydrogen) atoms. The molecule has 0 radical (unpaired) electrons. The number of aryl methyl sites for hydroxylation is 1. The number of hydrogen-bond acceptors (Lipinski definition) is 6. The second kappa shape index (κ2) is 7.93. The molecule has 0 saturated carbocycles. The Morgan fingerprint density at radius 3 is 2.52 bits per heavy atom. The molecule has 0 bridgehead atoms. The number of halogens is 3. The maximum absolute atomic E-state index is 12.5. The summed E-state index contributed by atoms with van der Waals surface area (Å²) in [6.45, 7) is 3.62. The molecule has 0 saturated heterocycles. The van der Waals surface area contributed by atoms with Crippen molar-refractivity contribution in [1.82, 2.24) is 19.7 Å². The third-order valence-corrected chi connectivity index (χ3v) is 5.59. The summed E-state index contributed by atoms with van der Waals surface area (Å²) >= 11 is 0. The minimum absolute atomic E-state index is 0.329. The molecule has 0 amide bonds. The van der Waals surface area contributed by atoms with Gasteiger partial charge in [0, 0.05) is 29.0 Å². The van der Waals surface area contributed by atoms with E-state index in [1.807, 2.05) is 13.0 Å². The van der Waals surface area contributed by atoms with E-state index in [1.165, 1.54) is 12.3 Å². The van der Waals surface area contributed by atoms with Crippen LogP contribution in [0.5, 0.6) is 0 Å². The molecule has 0 aromatic carbocycles. The minimum atomic E-state index is -5.18. The van der Waals surface area contributed by atoms with Crippen molar-refractivity contribution >= 4 is 27.0 Å². The Bertz CT molecular complexity index is 1220. The number of hydrogen-bond donors (Lipinski definition) is 2. The fourth-order valence-electron chi connectivity index (χ4n) is 2.80. The first-order valence-corrected chi connectivity index (χ1v) is 10.5. The first-order chi connectivity index (χ1) is 14.3. The van der Waals surface area contributed by atoms with Gasteiger partial charge in [0.15, 0.2) is 5.03 Å². The number of carbonyl (C=O) groups is 1. The van der Waals surface area contributed by atoms with Crippen molar-refractivity contribution in [3.05, 3.63) is 42.4 Å². The summed E-state index contributed by atoms with van der Waals surface area (Å²) in [7, 11) is -4.15. The largest absolute Gasteiger partial charge is 0.490 e. The van der Waals surface area contributed by atoms with E-state index in [-0.39, 0.29) is 5.03 Å². The molecule has 166 valence electrons. The lowest BCUT2D eigenvalue weighted by molar-refractivity contribution is -0.210. The zero-order valence-corrected chi connectivity index (χ0v) is 17.6. The predicted octanol–water partition coefficient (Wildman–Crippen LogP) is 3.10. The summed E-state index contributed by atoms with van der Waals surface area (Å²) in [6, 6.07) is 6.52. The predicted molar refractivity (Wildman–Crippen MR) is 105 cm³/mol. The third kappa shape index (κ3) is 5.20. The summed E-state index contributed by atoms with van der Waals surface area (Å²) in [4.78, 5) is 22.3. The molecule has 8 nitrogen and oxygen atoms in total. The first kappa shape index (κ1) is 22.7. The van der Waals surface area contributed by atoms with E-state index in [2.05, 4.69) is 24.4 Å². The first-order valence-electron chi connectivity index (χ1n) is 8.99. The Labute approximate surface area is 175 Å². The topological polar surface area (TPSA) is 114 Å². The maximum Gasteiger partial charge on any atom is 0.490 e. The van der Waals surface area contributed by atoms with E-state index < -0.39 is 34.3 Å². The van der Waals surface area contributed by atoms with Crippen molar-refractivity contribution in [1.29, 1.82) is 0 Å². The lowest BCUT2D eigenvalue weighted by Crippen LogP contribution is -2.44. The summed E-state index contributed by atoms with van der Waals surface area (Å²) in [5.41, 5.74) is 1.34. The molecule has 3 heterocycles. The smallest absolute Gasteiger partial charge is 0.452 e. The van der Waals surface area contributed by atoms with Gasteiger partial charge in [-0.1, -0.05) is 0 Å². The monoisotopic (exact) mass is 456 g/mol. The summed E-state index contributed by atoms with van der Waals surface area (Å²) in [5.74, 6) is -2.40. The lowest BCUT2D eigenvalue weighted by atomic mass is 10.1. The second-order valence-corrected chi connectivity index (χ2v) is 9.14. The van der Waals surface area contributed by atoms with E-state index >= 15 is 0 Å². The Hall–Kier alpha value is -2.99. The highest BCUT2D eigenvalue weighted by molar-refractivity contribution is 7.89. The van der Waals surface area contributed by atoms with Crippen LogP contribution in [-0.2, 0) is 19.6 Å². The van der Waals surface area contributed by atoms with Crippen LogP contribution in [0.1, 0.15) is 19.5 Å². The molecule has 0 aliphatic carbocycles. The molecule has 2 N–H and O–H groups in total. The SMILES string of the molecule is Cc1cc2c(-c3ccc(S(=O)(=O)NCC(C)(C)OC(=O)C(F)(F)F)nc3)ccnc2[nH]1. The summed E-state index contributed by atoms with van der Waals surface area (Å²) < 4.78 is 68.5. The number of ether oxygens (including phenoxy) is 1. The van der Waals surface area contributed by atoms with Gasteiger partial charge < -0.3 is 9.72 Å². The van der Waals surface area contributed by atoms with Crippen molar-refractivity contribution in [2.45, 2.75) is 37.6 Å². The molecular formula is C19H19F3N4O4S. The standard InChI is InChI=1S/C19H19F3N4O4S/c1-11-8-14-13(6-7-23-16(14)26-11)12-4-5-15(24-9-12)31(28,29)25-10-18(2,3)30-17(27)19(20,21)22/h4-9,25H,10H2,1-3H3,(H,23,26). The van der Waals surface area contributed by atoms with E-state index in [0.717, 1.165) is 30.5 Å². The number of carbonyl (C=O) groups excluding carboxylic acids is 1. The van der Waals surface area contributed by atoms with Crippen LogP contribution in [0.3, 0.4) is 0 Å². The van der Waals surface area contributed by atoms with Crippen molar-refractivity contribution in [3.63, 3.8) is 0 Å². The molecule has 0 unspecified atom stereocenters. The molecule has 0 aliphatic heterocycles. The average molecular weight is 456 g/mol. The van der Waals surface area contributed by atoms with Gasteiger partial charge in [0.1, 0.15) is 11.2 Å². The van der Waals surface area contributed by atoms with Crippen LogP contribution < -0.4 is 4.72 Å². The highest BCUT2D eigenvalue weighted by atomic mass is 32.2. The zero-order valence-electron chi connectivity index (χ0n) is 16.7. The highest BCUT2D eigenvalue weighted by Gasteiger charge is 2.44. The number of alkyl halides is 3. The molecule has 3 aromatic heterocycles. The molecule has 3 rings (SSSR count). The Morgan fingerprint density at radius 2 is 1.90 bits per heavy atom. The fraction of sp³-hybridized carbons (Fsp3) is 0.316. The minimum Gasteiger partial charge on any atom is -0.452 e. The molecule has 0 spiro atoms. The van der Waals surface area contributed by atoms with Crippen molar-refractivity contribution in [3.8, 4) is 11.1 Å². The van der Waals surface area contributed by atoms with Crippen LogP contribution in [0, 0.1) is 6.92 Å².